The van der Waals surface area contributed by atoms with Crippen LogP contribution in [-0.2, 0) is 0 Å². The van der Waals surface area contributed by atoms with Crippen LogP contribution < -0.4 is 10.1 Å². The van der Waals surface area contributed by atoms with Crippen molar-refractivity contribution in [2.75, 3.05) is 5.32 Å². The van der Waals surface area contributed by atoms with Crippen LogP contribution in [0.2, 0.25) is 0 Å². The second kappa shape index (κ2) is 5.76. The molecule has 0 heterocycles. The van der Waals surface area contributed by atoms with Crippen molar-refractivity contribution in [3.05, 3.63) is 24.3 Å². The smallest absolute Gasteiger partial charge is 0.387 e. The molecule has 1 saturated carbocycles. The van der Waals surface area contributed by atoms with E-state index in [4.69, 9.17) is 0 Å². The van der Waals surface area contributed by atoms with Crippen LogP contribution in [0.5, 0.6) is 5.75 Å². The van der Waals surface area contributed by atoms with E-state index in [1.165, 1.54) is 12.8 Å². The number of nitrogens with one attached hydrogen (secondary N) is 1. The maximum Gasteiger partial charge on any atom is 0.387 e. The summed E-state index contributed by atoms with van der Waals surface area (Å²) in [6.45, 7) is 1.85. The zero-order valence-electron chi connectivity index (χ0n) is 11.5. The van der Waals surface area contributed by atoms with Crippen LogP contribution in [0.1, 0.15) is 39.5 Å². The van der Waals surface area contributed by atoms with E-state index in [1.54, 1.807) is 24.3 Å². The van der Waals surface area contributed by atoms with Gasteiger partial charge in [0.1, 0.15) is 5.75 Å². The Labute approximate surface area is 113 Å². The number of halogens is 2. The second-order valence-corrected chi connectivity index (χ2v) is 5.99. The summed E-state index contributed by atoms with van der Waals surface area (Å²) >= 11 is 0. The maximum atomic E-state index is 12.0. The number of ether oxygens (including phenoxy) is 1. The molecule has 2 rings (SSSR count). The molecule has 19 heavy (non-hydrogen) atoms. The largest absolute Gasteiger partial charge is 0.435 e. The second-order valence-electron chi connectivity index (χ2n) is 5.99. The topological polar surface area (TPSA) is 21.3 Å². The van der Waals surface area contributed by atoms with Crippen LogP contribution >= 0.6 is 0 Å². The Morgan fingerprint density at radius 3 is 2.26 bits per heavy atom. The lowest BCUT2D eigenvalue weighted by Gasteiger charge is -2.35. The maximum absolute atomic E-state index is 12.0. The lowest BCUT2D eigenvalue weighted by Crippen LogP contribution is -2.29. The molecule has 106 valence electrons. The number of hydrogen-bond acceptors (Lipinski definition) is 2. The zero-order chi connectivity index (χ0) is 13.9. The van der Waals surface area contributed by atoms with E-state index in [0.29, 0.717) is 11.5 Å². The first-order chi connectivity index (χ1) is 8.94. The number of anilines is 1. The molecule has 1 fully saturated rings. The van der Waals surface area contributed by atoms with Gasteiger partial charge < -0.3 is 10.1 Å². The summed E-state index contributed by atoms with van der Waals surface area (Å²) in [5, 5.41) is 3.46. The van der Waals surface area contributed by atoms with Gasteiger partial charge >= 0.3 is 6.61 Å². The van der Waals surface area contributed by atoms with Crippen molar-refractivity contribution in [2.24, 2.45) is 5.41 Å². The predicted octanol–water partition coefficient (Wildman–Crippen LogP) is 4.67. The average Bonchev–Trinajstić information content (AvgIpc) is 2.34. The van der Waals surface area contributed by atoms with Crippen molar-refractivity contribution >= 4 is 5.69 Å². The third-order valence-electron chi connectivity index (χ3n) is 3.79. The third kappa shape index (κ3) is 4.37. The van der Waals surface area contributed by atoms with Crippen molar-refractivity contribution in [1.29, 1.82) is 0 Å². The fourth-order valence-electron chi connectivity index (χ4n) is 2.51. The van der Waals surface area contributed by atoms with Gasteiger partial charge in [0, 0.05) is 11.7 Å². The molecule has 0 radical (unpaired) electrons. The van der Waals surface area contributed by atoms with E-state index < -0.39 is 6.61 Å². The molecule has 4 heteroatoms. The van der Waals surface area contributed by atoms with Crippen molar-refractivity contribution < 1.29 is 13.5 Å². The molecule has 0 saturated heterocycles. The number of benzene rings is 1. The Bertz CT molecular complexity index is 393. The van der Waals surface area contributed by atoms with Gasteiger partial charge in [0.2, 0.25) is 0 Å². The van der Waals surface area contributed by atoms with Gasteiger partial charge in [-0.15, -0.1) is 0 Å². The molecule has 0 aliphatic heterocycles. The van der Waals surface area contributed by atoms with Crippen LogP contribution in [-0.4, -0.2) is 12.7 Å². The van der Waals surface area contributed by atoms with E-state index in [1.807, 2.05) is 0 Å². The first kappa shape index (κ1) is 14.1. The molecular weight excluding hydrogens is 248 g/mol. The molecule has 0 atom stereocenters. The highest BCUT2D eigenvalue weighted by Gasteiger charge is 2.26. The zero-order valence-corrected chi connectivity index (χ0v) is 11.5. The summed E-state index contributed by atoms with van der Waals surface area (Å²) in [7, 11) is 0. The van der Waals surface area contributed by atoms with Crippen molar-refractivity contribution in [3.63, 3.8) is 0 Å². The summed E-state index contributed by atoms with van der Waals surface area (Å²) < 4.78 is 28.4. The van der Waals surface area contributed by atoms with Crippen molar-refractivity contribution in [2.45, 2.75) is 52.2 Å². The van der Waals surface area contributed by atoms with Gasteiger partial charge in [-0.25, -0.2) is 0 Å². The number of hydrogen-bond donors (Lipinski definition) is 1. The van der Waals surface area contributed by atoms with E-state index in [9.17, 15) is 8.78 Å². The van der Waals surface area contributed by atoms with E-state index in [-0.39, 0.29) is 5.75 Å². The Hall–Kier alpha value is -1.32. The minimum absolute atomic E-state index is 0.199. The molecule has 0 unspecified atom stereocenters. The van der Waals surface area contributed by atoms with Crippen molar-refractivity contribution in [1.82, 2.24) is 0 Å². The van der Waals surface area contributed by atoms with Crippen LogP contribution in [0.4, 0.5) is 14.5 Å². The quantitative estimate of drug-likeness (QED) is 0.857. The van der Waals surface area contributed by atoms with Gasteiger partial charge in [0.25, 0.3) is 0 Å². The summed E-state index contributed by atoms with van der Waals surface area (Å²) in [5.74, 6) is 0.199. The molecule has 2 nitrogen and oxygen atoms in total. The minimum atomic E-state index is -2.76. The number of rotatable bonds is 4. The van der Waals surface area contributed by atoms with Gasteiger partial charge in [-0.05, 0) is 55.4 Å². The predicted molar refractivity (Wildman–Crippen MR) is 72.7 cm³/mol. The SMILES string of the molecule is CC1(C)CCC(Nc2ccc(OC(F)F)cc2)CC1. The van der Waals surface area contributed by atoms with Crippen molar-refractivity contribution in [3.8, 4) is 5.75 Å². The highest BCUT2D eigenvalue weighted by molar-refractivity contribution is 5.47. The fourth-order valence-corrected chi connectivity index (χ4v) is 2.51. The van der Waals surface area contributed by atoms with Gasteiger partial charge in [-0.1, -0.05) is 13.8 Å². The minimum Gasteiger partial charge on any atom is -0.435 e. The van der Waals surface area contributed by atoms with E-state index >= 15 is 0 Å². The monoisotopic (exact) mass is 269 g/mol. The Balaban J connectivity index is 1.86. The van der Waals surface area contributed by atoms with Crippen LogP contribution in [0, 0.1) is 5.41 Å². The molecule has 1 aromatic carbocycles. The summed E-state index contributed by atoms with van der Waals surface area (Å²) in [6.07, 6.45) is 4.75. The molecule has 0 aromatic heterocycles. The molecule has 0 amide bonds. The average molecular weight is 269 g/mol. The van der Waals surface area contributed by atoms with E-state index in [2.05, 4.69) is 23.9 Å². The van der Waals surface area contributed by atoms with Gasteiger partial charge in [-0.2, -0.15) is 8.78 Å². The van der Waals surface area contributed by atoms with Crippen LogP contribution in [0.25, 0.3) is 0 Å². The Morgan fingerprint density at radius 1 is 1.16 bits per heavy atom. The van der Waals surface area contributed by atoms with Gasteiger partial charge in [0.05, 0.1) is 0 Å². The molecule has 0 spiro atoms. The molecule has 0 bridgehead atoms. The molecule has 1 aliphatic rings. The lowest BCUT2D eigenvalue weighted by atomic mass is 9.75. The van der Waals surface area contributed by atoms with E-state index in [0.717, 1.165) is 18.5 Å². The Kier molecular flexibility index (Phi) is 4.27. The van der Waals surface area contributed by atoms with Crippen LogP contribution in [0.3, 0.4) is 0 Å². The third-order valence-corrected chi connectivity index (χ3v) is 3.79. The summed E-state index contributed by atoms with van der Waals surface area (Å²) in [5.41, 5.74) is 1.42. The van der Waals surface area contributed by atoms with Crippen LogP contribution in [0.15, 0.2) is 24.3 Å². The summed E-state index contributed by atoms with van der Waals surface area (Å²) in [6, 6.07) is 7.20. The van der Waals surface area contributed by atoms with Gasteiger partial charge in [-0.3, -0.25) is 0 Å². The number of alkyl halides is 2. The first-order valence-corrected chi connectivity index (χ1v) is 6.76. The summed E-state index contributed by atoms with van der Waals surface area (Å²) in [4.78, 5) is 0. The molecule has 1 N–H and O–H groups in total. The lowest BCUT2D eigenvalue weighted by molar-refractivity contribution is -0.0498. The normalized spacial score (nSPS) is 19.4. The Morgan fingerprint density at radius 2 is 1.74 bits per heavy atom. The molecular formula is C15H21F2NO. The highest BCUT2D eigenvalue weighted by Crippen LogP contribution is 2.36. The molecule has 1 aromatic rings. The molecule has 1 aliphatic carbocycles. The first-order valence-electron chi connectivity index (χ1n) is 6.76. The fraction of sp³-hybridized carbons (Fsp3) is 0.600. The standard InChI is InChI=1S/C15H21F2NO/c1-15(2)9-7-12(8-10-15)18-11-3-5-13(6-4-11)19-14(16)17/h3-6,12,14,18H,7-10H2,1-2H3. The highest BCUT2D eigenvalue weighted by atomic mass is 19.3. The van der Waals surface area contributed by atoms with Gasteiger partial charge in [0.15, 0.2) is 0 Å².